The van der Waals surface area contributed by atoms with Crippen molar-refractivity contribution in [2.75, 3.05) is 6.61 Å². The van der Waals surface area contributed by atoms with Crippen LogP contribution in [-0.4, -0.2) is 64.1 Å². The number of carbonyl (C=O) groups is 1. The summed E-state index contributed by atoms with van der Waals surface area (Å²) in [7, 11) is 0. The van der Waals surface area contributed by atoms with Crippen LogP contribution >= 0.6 is 0 Å². The van der Waals surface area contributed by atoms with Crippen molar-refractivity contribution in [3.8, 4) is 0 Å². The van der Waals surface area contributed by atoms with E-state index in [-0.39, 0.29) is 28.4 Å². The van der Waals surface area contributed by atoms with Crippen LogP contribution in [0.15, 0.2) is 0 Å². The van der Waals surface area contributed by atoms with Gasteiger partial charge in [-0.2, -0.15) is 0 Å². The summed E-state index contributed by atoms with van der Waals surface area (Å²) in [5.41, 5.74) is 0. The topological polar surface area (TPSA) is 48.0 Å². The summed E-state index contributed by atoms with van der Waals surface area (Å²) in [5, 5.41) is 0. The fraction of sp³-hybridized carbons (Fsp3) is 0.941. The van der Waals surface area contributed by atoms with Crippen molar-refractivity contribution in [2.24, 2.45) is 0 Å². The molecule has 23 heavy (non-hydrogen) atoms. The van der Waals surface area contributed by atoms with Gasteiger partial charge in [-0.05, 0) is 0 Å². The summed E-state index contributed by atoms with van der Waals surface area (Å²) in [6, 6.07) is 0.256. The van der Waals surface area contributed by atoms with Crippen LogP contribution in [-0.2, 0) is 14.2 Å². The van der Waals surface area contributed by atoms with Crippen molar-refractivity contribution in [2.45, 2.75) is 90.9 Å². The van der Waals surface area contributed by atoms with Crippen LogP contribution < -0.4 is 0 Å². The van der Waals surface area contributed by atoms with Gasteiger partial charge in [-0.25, -0.2) is 0 Å². The molecule has 0 aliphatic carbocycles. The van der Waals surface area contributed by atoms with Gasteiger partial charge >= 0.3 is 146 Å². The summed E-state index contributed by atoms with van der Waals surface area (Å²) in [6.07, 6.45) is 0.536. The first-order valence-corrected chi connectivity index (χ1v) is 18.8. The summed E-state index contributed by atoms with van der Waals surface area (Å²) >= 11 is -2.46. The fourth-order valence-electron chi connectivity index (χ4n) is 2.90. The van der Waals surface area contributed by atoms with Gasteiger partial charge in [0.25, 0.3) is 0 Å². The number of hydrogen-bond acceptors (Lipinski definition) is 4. The van der Waals surface area contributed by atoms with Crippen molar-refractivity contribution < 1.29 is 19.0 Å². The molecular formula is C17H35NO4Sn. The molecule has 0 saturated carbocycles. The van der Waals surface area contributed by atoms with Crippen LogP contribution in [0, 0.1) is 0 Å². The molecule has 0 radical (unpaired) electrons. The van der Waals surface area contributed by atoms with Crippen LogP contribution in [0.2, 0.25) is 14.8 Å². The second kappa shape index (κ2) is 7.91. The molecule has 2 atom stereocenters. The van der Waals surface area contributed by atoms with Crippen molar-refractivity contribution >= 4 is 24.5 Å². The number of hydrogen-bond donors (Lipinski definition) is 0. The van der Waals surface area contributed by atoms with E-state index in [0.717, 1.165) is 6.42 Å². The van der Waals surface area contributed by atoms with Crippen molar-refractivity contribution in [3.63, 3.8) is 0 Å². The molecule has 0 bridgehead atoms. The number of carbonyl (C=O) groups excluding carboxylic acids is 1. The quantitative estimate of drug-likeness (QED) is 0.591. The van der Waals surface area contributed by atoms with E-state index >= 15 is 0 Å². The molecule has 1 aliphatic heterocycles. The Bertz CT molecular complexity index is 396. The zero-order chi connectivity index (χ0) is 18.0. The predicted octanol–water partition coefficient (Wildman–Crippen LogP) is 4.03. The SMILES string of the molecule is CC(C)N(C(=O)O[C@H](C[C@H]1COC(C)(C)O1)[Sn]([CH3])([CH3])[CH3])C(C)C. The molecule has 1 aliphatic rings. The van der Waals surface area contributed by atoms with E-state index in [1.165, 1.54) is 0 Å². The third-order valence-corrected chi connectivity index (χ3v) is 10.6. The first-order valence-electron chi connectivity index (χ1n) is 8.64. The molecule has 6 heteroatoms. The minimum atomic E-state index is -2.46. The Morgan fingerprint density at radius 1 is 1.22 bits per heavy atom. The summed E-state index contributed by atoms with van der Waals surface area (Å²) in [6.45, 7) is 12.5. The van der Waals surface area contributed by atoms with Crippen molar-refractivity contribution in [1.29, 1.82) is 0 Å². The minimum absolute atomic E-state index is 0.00488. The molecule has 5 nitrogen and oxygen atoms in total. The zero-order valence-electron chi connectivity index (χ0n) is 16.3. The first kappa shape index (κ1) is 21.0. The second-order valence-electron chi connectivity index (χ2n) is 8.52. The van der Waals surface area contributed by atoms with Crippen molar-refractivity contribution in [3.05, 3.63) is 0 Å². The molecule has 0 aromatic carbocycles. The summed E-state index contributed by atoms with van der Waals surface area (Å²) in [5.74, 6) is -0.533. The molecule has 136 valence electrons. The molecule has 0 unspecified atom stereocenters. The third kappa shape index (κ3) is 6.42. The van der Waals surface area contributed by atoms with E-state index in [1.54, 1.807) is 4.90 Å². The predicted molar refractivity (Wildman–Crippen MR) is 95.2 cm³/mol. The Hall–Kier alpha value is -0.0113. The van der Waals surface area contributed by atoms with E-state index in [0.29, 0.717) is 6.61 Å². The Balaban J connectivity index is 2.78. The molecule has 1 fully saturated rings. The van der Waals surface area contributed by atoms with Gasteiger partial charge < -0.3 is 0 Å². The van der Waals surface area contributed by atoms with Crippen LogP contribution in [0.5, 0.6) is 0 Å². The van der Waals surface area contributed by atoms with Gasteiger partial charge in [0, 0.05) is 0 Å². The Morgan fingerprint density at radius 3 is 2.09 bits per heavy atom. The van der Waals surface area contributed by atoms with Gasteiger partial charge in [0.2, 0.25) is 0 Å². The van der Waals surface area contributed by atoms with E-state index in [4.69, 9.17) is 14.2 Å². The monoisotopic (exact) mass is 437 g/mol. The van der Waals surface area contributed by atoms with Gasteiger partial charge in [-0.1, -0.05) is 0 Å². The maximum absolute atomic E-state index is 12.6. The molecule has 1 heterocycles. The average Bonchev–Trinajstić information content (AvgIpc) is 2.65. The molecular weight excluding hydrogens is 401 g/mol. The number of nitrogens with zero attached hydrogens (tertiary/aromatic N) is 1. The Morgan fingerprint density at radius 2 is 1.74 bits per heavy atom. The van der Waals surface area contributed by atoms with Crippen LogP contribution in [0.3, 0.4) is 0 Å². The molecule has 0 aromatic heterocycles. The summed E-state index contributed by atoms with van der Waals surface area (Å²) < 4.78 is 17.5. The van der Waals surface area contributed by atoms with E-state index in [1.807, 2.05) is 41.5 Å². The van der Waals surface area contributed by atoms with Crippen LogP contribution in [0.4, 0.5) is 4.79 Å². The Labute approximate surface area is 145 Å². The normalized spacial score (nSPS) is 22.5. The van der Waals surface area contributed by atoms with Crippen LogP contribution in [0.25, 0.3) is 0 Å². The number of rotatable bonds is 6. The van der Waals surface area contributed by atoms with Gasteiger partial charge in [0.05, 0.1) is 0 Å². The first-order chi connectivity index (χ1) is 10.3. The molecule has 0 N–H and O–H groups in total. The fourth-order valence-corrected chi connectivity index (χ4v) is 6.96. The molecule has 1 amide bonds. The van der Waals surface area contributed by atoms with Gasteiger partial charge in [-0.15, -0.1) is 0 Å². The van der Waals surface area contributed by atoms with Crippen LogP contribution in [0.1, 0.15) is 48.0 Å². The molecule has 0 aromatic rings. The third-order valence-electron chi connectivity index (χ3n) is 4.08. The van der Waals surface area contributed by atoms with E-state index in [9.17, 15) is 4.79 Å². The zero-order valence-corrected chi connectivity index (χ0v) is 19.2. The number of amides is 1. The average molecular weight is 436 g/mol. The second-order valence-corrected chi connectivity index (χ2v) is 23.9. The molecule has 1 rings (SSSR count). The van der Waals surface area contributed by atoms with E-state index < -0.39 is 24.2 Å². The molecule has 0 spiro atoms. The van der Waals surface area contributed by atoms with Gasteiger partial charge in [0.1, 0.15) is 0 Å². The molecule has 1 saturated heterocycles. The standard InChI is InChI=1S/C14H26NO4.3CH3.Sn/c1-10(2)15(11(3)4)13(16)17-8-7-12-9-18-14(5,6)19-12;;;;/h8,10-12H,7,9H2,1-6H3;3*1H3;/t12-;;;;/m0..../s1. The Kier molecular flexibility index (Phi) is 7.24. The maximum atomic E-state index is 12.6. The van der Waals surface area contributed by atoms with Gasteiger partial charge in [0.15, 0.2) is 0 Å². The number of ether oxygens (including phenoxy) is 3. The van der Waals surface area contributed by atoms with Gasteiger partial charge in [-0.3, -0.25) is 0 Å². The van der Waals surface area contributed by atoms with Crippen molar-refractivity contribution in [1.82, 2.24) is 4.90 Å². The van der Waals surface area contributed by atoms with E-state index in [2.05, 4.69) is 14.8 Å². The summed E-state index contributed by atoms with van der Waals surface area (Å²) in [4.78, 5) is 21.3.